The van der Waals surface area contributed by atoms with Gasteiger partial charge in [0.05, 0.1) is 19.2 Å². The van der Waals surface area contributed by atoms with Crippen LogP contribution >= 0.6 is 0 Å². The standard InChI is InChI=1S/C17H25NO2/c1-12(2)15-6-5-9-18(15)11-16(19)14-8-7-13(3)10-17(14)20-4/h7-8,10,12,15H,5-6,9,11H2,1-4H3. The molecule has 0 saturated carbocycles. The second-order valence-corrected chi connectivity index (χ2v) is 6.05. The van der Waals surface area contributed by atoms with Gasteiger partial charge in [-0.15, -0.1) is 0 Å². The van der Waals surface area contributed by atoms with Crippen molar-refractivity contribution in [3.63, 3.8) is 0 Å². The normalized spacial score (nSPS) is 19.6. The predicted molar refractivity (Wildman–Crippen MR) is 81.5 cm³/mol. The van der Waals surface area contributed by atoms with E-state index in [4.69, 9.17) is 4.74 Å². The van der Waals surface area contributed by atoms with Crippen LogP contribution in [0.1, 0.15) is 42.6 Å². The molecule has 1 heterocycles. The molecule has 1 unspecified atom stereocenters. The number of Topliss-reactive ketones (excluding diaryl/α,β-unsaturated/α-hetero) is 1. The topological polar surface area (TPSA) is 29.5 Å². The van der Waals surface area contributed by atoms with Crippen molar-refractivity contribution >= 4 is 5.78 Å². The number of ether oxygens (including phenoxy) is 1. The number of aryl methyl sites for hydroxylation is 1. The number of hydrogen-bond acceptors (Lipinski definition) is 3. The fourth-order valence-corrected chi connectivity index (χ4v) is 3.10. The van der Waals surface area contributed by atoms with Crippen molar-refractivity contribution in [3.05, 3.63) is 29.3 Å². The number of methoxy groups -OCH3 is 1. The van der Waals surface area contributed by atoms with Crippen LogP contribution in [0, 0.1) is 12.8 Å². The fourth-order valence-electron chi connectivity index (χ4n) is 3.10. The minimum absolute atomic E-state index is 0.161. The summed E-state index contributed by atoms with van der Waals surface area (Å²) in [7, 11) is 1.62. The van der Waals surface area contributed by atoms with E-state index in [1.807, 2.05) is 25.1 Å². The van der Waals surface area contributed by atoms with Crippen molar-refractivity contribution in [3.8, 4) is 5.75 Å². The van der Waals surface area contributed by atoms with Crippen molar-refractivity contribution in [2.75, 3.05) is 20.2 Å². The summed E-state index contributed by atoms with van der Waals surface area (Å²) in [5.41, 5.74) is 1.81. The molecule has 3 heteroatoms. The average Bonchev–Trinajstić information content (AvgIpc) is 2.86. The third-order valence-electron chi connectivity index (χ3n) is 4.19. The number of hydrogen-bond donors (Lipinski definition) is 0. The lowest BCUT2D eigenvalue weighted by molar-refractivity contribution is 0.0901. The molecule has 0 N–H and O–H groups in total. The molecule has 2 rings (SSSR count). The Morgan fingerprint density at radius 1 is 1.45 bits per heavy atom. The Bertz CT molecular complexity index is 482. The highest BCUT2D eigenvalue weighted by molar-refractivity contribution is 6.00. The van der Waals surface area contributed by atoms with E-state index in [0.717, 1.165) is 12.1 Å². The summed E-state index contributed by atoms with van der Waals surface area (Å²) in [6.45, 7) is 8.01. The summed E-state index contributed by atoms with van der Waals surface area (Å²) < 4.78 is 5.35. The molecule has 0 amide bonds. The van der Waals surface area contributed by atoms with E-state index in [-0.39, 0.29) is 5.78 Å². The second kappa shape index (κ2) is 6.40. The van der Waals surface area contributed by atoms with E-state index >= 15 is 0 Å². The van der Waals surface area contributed by atoms with Gasteiger partial charge in [0.15, 0.2) is 5.78 Å². The number of nitrogens with zero attached hydrogens (tertiary/aromatic N) is 1. The molecule has 0 spiro atoms. The molecule has 0 aromatic heterocycles. The summed E-state index contributed by atoms with van der Waals surface area (Å²) in [5, 5.41) is 0. The van der Waals surface area contributed by atoms with E-state index in [1.54, 1.807) is 7.11 Å². The molecule has 1 aliphatic rings. The lowest BCUT2D eigenvalue weighted by Crippen LogP contribution is -2.37. The van der Waals surface area contributed by atoms with E-state index < -0.39 is 0 Å². The minimum atomic E-state index is 0.161. The molecule has 1 aliphatic heterocycles. The van der Waals surface area contributed by atoms with Gasteiger partial charge in [0.2, 0.25) is 0 Å². The molecule has 3 nitrogen and oxygen atoms in total. The minimum Gasteiger partial charge on any atom is -0.496 e. The van der Waals surface area contributed by atoms with Crippen LogP contribution in [0.4, 0.5) is 0 Å². The first-order valence-electron chi connectivity index (χ1n) is 7.45. The highest BCUT2D eigenvalue weighted by Gasteiger charge is 2.29. The summed E-state index contributed by atoms with van der Waals surface area (Å²) >= 11 is 0. The Balaban J connectivity index is 2.12. The van der Waals surface area contributed by atoms with Crippen molar-refractivity contribution in [2.45, 2.75) is 39.7 Å². The molecule has 1 fully saturated rings. The van der Waals surface area contributed by atoms with Crippen molar-refractivity contribution in [1.29, 1.82) is 0 Å². The lowest BCUT2D eigenvalue weighted by Gasteiger charge is -2.27. The second-order valence-electron chi connectivity index (χ2n) is 6.05. The highest BCUT2D eigenvalue weighted by Crippen LogP contribution is 2.26. The van der Waals surface area contributed by atoms with Crippen LogP contribution in [0.5, 0.6) is 5.75 Å². The van der Waals surface area contributed by atoms with Gasteiger partial charge in [-0.25, -0.2) is 0 Å². The highest BCUT2D eigenvalue weighted by atomic mass is 16.5. The molecule has 110 valence electrons. The molecule has 1 atom stereocenters. The SMILES string of the molecule is COc1cc(C)ccc1C(=O)CN1CCCC1C(C)C. The number of likely N-dealkylation sites (tertiary alicyclic amines) is 1. The summed E-state index contributed by atoms with van der Waals surface area (Å²) in [6, 6.07) is 6.32. The molecule has 1 aromatic carbocycles. The molecule has 1 saturated heterocycles. The maximum Gasteiger partial charge on any atom is 0.180 e. The van der Waals surface area contributed by atoms with Gasteiger partial charge in [-0.2, -0.15) is 0 Å². The largest absolute Gasteiger partial charge is 0.496 e. The van der Waals surface area contributed by atoms with Crippen LogP contribution in [0.2, 0.25) is 0 Å². The molecular weight excluding hydrogens is 250 g/mol. The predicted octanol–water partition coefficient (Wildman–Crippen LogP) is 3.31. The number of carbonyl (C=O) groups is 1. The monoisotopic (exact) mass is 275 g/mol. The van der Waals surface area contributed by atoms with Crippen LogP contribution in [-0.4, -0.2) is 36.9 Å². The van der Waals surface area contributed by atoms with Crippen molar-refractivity contribution in [2.24, 2.45) is 5.92 Å². The third-order valence-corrected chi connectivity index (χ3v) is 4.19. The Hall–Kier alpha value is -1.35. The van der Waals surface area contributed by atoms with Gasteiger partial charge in [0, 0.05) is 6.04 Å². The zero-order valence-electron chi connectivity index (χ0n) is 13.0. The van der Waals surface area contributed by atoms with Gasteiger partial charge in [-0.1, -0.05) is 19.9 Å². The quantitative estimate of drug-likeness (QED) is 0.772. The van der Waals surface area contributed by atoms with Crippen LogP contribution < -0.4 is 4.74 Å². The van der Waals surface area contributed by atoms with Gasteiger partial charge in [-0.3, -0.25) is 9.69 Å². The van der Waals surface area contributed by atoms with E-state index in [1.165, 1.54) is 12.8 Å². The van der Waals surface area contributed by atoms with Gasteiger partial charge < -0.3 is 4.74 Å². The molecule has 20 heavy (non-hydrogen) atoms. The summed E-state index contributed by atoms with van der Waals surface area (Å²) in [5.74, 6) is 1.45. The van der Waals surface area contributed by atoms with Crippen molar-refractivity contribution < 1.29 is 9.53 Å². The van der Waals surface area contributed by atoms with Gasteiger partial charge >= 0.3 is 0 Å². The van der Waals surface area contributed by atoms with E-state index in [2.05, 4.69) is 18.7 Å². The van der Waals surface area contributed by atoms with Gasteiger partial charge in [0.1, 0.15) is 5.75 Å². The smallest absolute Gasteiger partial charge is 0.180 e. The van der Waals surface area contributed by atoms with E-state index in [9.17, 15) is 4.79 Å². The van der Waals surface area contributed by atoms with Gasteiger partial charge in [0.25, 0.3) is 0 Å². The van der Waals surface area contributed by atoms with Gasteiger partial charge in [-0.05, 0) is 49.9 Å². The lowest BCUT2D eigenvalue weighted by atomic mass is 10.0. The Kier molecular flexibility index (Phi) is 4.81. The molecular formula is C17H25NO2. The van der Waals surface area contributed by atoms with Crippen LogP contribution in [0.15, 0.2) is 18.2 Å². The molecule has 0 radical (unpaired) electrons. The number of ketones is 1. The first-order chi connectivity index (χ1) is 9.52. The van der Waals surface area contributed by atoms with Crippen molar-refractivity contribution in [1.82, 2.24) is 4.90 Å². The average molecular weight is 275 g/mol. The Labute approximate surface area is 121 Å². The first-order valence-corrected chi connectivity index (χ1v) is 7.45. The maximum atomic E-state index is 12.5. The third kappa shape index (κ3) is 3.21. The number of rotatable bonds is 5. The molecule has 0 bridgehead atoms. The zero-order chi connectivity index (χ0) is 14.7. The maximum absolute atomic E-state index is 12.5. The van der Waals surface area contributed by atoms with Crippen LogP contribution in [-0.2, 0) is 0 Å². The molecule has 0 aliphatic carbocycles. The first kappa shape index (κ1) is 15.0. The van der Waals surface area contributed by atoms with E-state index in [0.29, 0.717) is 29.8 Å². The number of benzene rings is 1. The zero-order valence-corrected chi connectivity index (χ0v) is 13.0. The number of carbonyl (C=O) groups excluding carboxylic acids is 1. The Morgan fingerprint density at radius 2 is 2.20 bits per heavy atom. The Morgan fingerprint density at radius 3 is 2.85 bits per heavy atom. The van der Waals surface area contributed by atoms with Crippen LogP contribution in [0.25, 0.3) is 0 Å². The summed E-state index contributed by atoms with van der Waals surface area (Å²) in [4.78, 5) is 14.9. The summed E-state index contributed by atoms with van der Waals surface area (Å²) in [6.07, 6.45) is 2.40. The van der Waals surface area contributed by atoms with Crippen LogP contribution in [0.3, 0.4) is 0 Å². The fraction of sp³-hybridized carbons (Fsp3) is 0.588. The molecule has 1 aromatic rings.